The van der Waals surface area contributed by atoms with Crippen LogP contribution >= 0.6 is 11.3 Å². The van der Waals surface area contributed by atoms with Gasteiger partial charge in [-0.2, -0.15) is 0 Å². The zero-order valence-corrected chi connectivity index (χ0v) is 16.1. The Bertz CT molecular complexity index is 1100. The fraction of sp³-hybridized carbons (Fsp3) is 0.0556. The lowest BCUT2D eigenvalue weighted by molar-refractivity contribution is -0.274. The lowest BCUT2D eigenvalue weighted by Crippen LogP contribution is -2.17. The van der Waals surface area contributed by atoms with Crippen LogP contribution in [0.4, 0.5) is 24.5 Å². The molecular formula is C18H13F3N2O4S2. The number of sulfonamides is 1. The van der Waals surface area contributed by atoms with Crippen LogP contribution in [0.3, 0.4) is 0 Å². The van der Waals surface area contributed by atoms with Crippen LogP contribution in [0.25, 0.3) is 0 Å². The Balaban J connectivity index is 1.67. The molecule has 0 saturated heterocycles. The molecule has 1 heterocycles. The molecule has 29 heavy (non-hydrogen) atoms. The first-order valence-electron chi connectivity index (χ1n) is 7.96. The fourth-order valence-corrected chi connectivity index (χ4v) is 4.34. The molecule has 0 spiro atoms. The van der Waals surface area contributed by atoms with Crippen molar-refractivity contribution in [1.29, 1.82) is 0 Å². The summed E-state index contributed by atoms with van der Waals surface area (Å²) in [7, 11) is -3.71. The van der Waals surface area contributed by atoms with E-state index in [0.717, 1.165) is 23.5 Å². The van der Waals surface area contributed by atoms with Crippen LogP contribution in [0.5, 0.6) is 5.75 Å². The SMILES string of the molecule is O=C(Nc1cccc(OC(F)(F)F)c1)c1ccc(NS(=O)(=O)c2cccs2)cc1. The molecule has 0 unspecified atom stereocenters. The molecule has 6 nitrogen and oxygen atoms in total. The number of hydrogen-bond donors (Lipinski definition) is 2. The highest BCUT2D eigenvalue weighted by molar-refractivity contribution is 7.94. The Morgan fingerprint density at radius 3 is 2.31 bits per heavy atom. The molecule has 11 heteroatoms. The number of rotatable bonds is 6. The average molecular weight is 442 g/mol. The van der Waals surface area contributed by atoms with E-state index in [-0.39, 0.29) is 21.1 Å². The summed E-state index contributed by atoms with van der Waals surface area (Å²) in [6.45, 7) is 0. The van der Waals surface area contributed by atoms with Gasteiger partial charge in [-0.1, -0.05) is 12.1 Å². The van der Waals surface area contributed by atoms with Gasteiger partial charge in [0.2, 0.25) is 0 Å². The maximum Gasteiger partial charge on any atom is 0.573 e. The number of carbonyl (C=O) groups is 1. The van der Waals surface area contributed by atoms with E-state index in [1.807, 2.05) is 0 Å². The highest BCUT2D eigenvalue weighted by atomic mass is 32.2. The first-order valence-corrected chi connectivity index (χ1v) is 10.3. The minimum atomic E-state index is -4.84. The van der Waals surface area contributed by atoms with Crippen LogP contribution in [0, 0.1) is 0 Å². The van der Waals surface area contributed by atoms with Gasteiger partial charge in [0.1, 0.15) is 9.96 Å². The van der Waals surface area contributed by atoms with E-state index in [1.54, 1.807) is 11.4 Å². The molecule has 0 fully saturated rings. The third-order valence-corrected chi connectivity index (χ3v) is 6.26. The Labute approximate surface area is 168 Å². The molecule has 0 radical (unpaired) electrons. The summed E-state index contributed by atoms with van der Waals surface area (Å²) in [5.74, 6) is -1.05. The summed E-state index contributed by atoms with van der Waals surface area (Å²) < 4.78 is 67.6. The summed E-state index contributed by atoms with van der Waals surface area (Å²) in [5.41, 5.74) is 0.556. The number of nitrogens with one attached hydrogen (secondary N) is 2. The highest BCUT2D eigenvalue weighted by Gasteiger charge is 2.31. The molecule has 2 N–H and O–H groups in total. The van der Waals surface area contributed by atoms with Crippen LogP contribution in [-0.4, -0.2) is 20.7 Å². The number of alkyl halides is 3. The van der Waals surface area contributed by atoms with E-state index < -0.39 is 28.0 Å². The second-order valence-corrected chi connectivity index (χ2v) is 8.50. The van der Waals surface area contributed by atoms with Crippen molar-refractivity contribution in [3.8, 4) is 5.75 Å². The van der Waals surface area contributed by atoms with Gasteiger partial charge in [-0.3, -0.25) is 9.52 Å². The predicted octanol–water partition coefficient (Wildman–Crippen LogP) is 4.70. The lowest BCUT2D eigenvalue weighted by atomic mass is 10.2. The van der Waals surface area contributed by atoms with E-state index >= 15 is 0 Å². The summed E-state index contributed by atoms with van der Waals surface area (Å²) in [4.78, 5) is 12.3. The number of halogens is 3. The summed E-state index contributed by atoms with van der Waals surface area (Å²) in [6, 6.07) is 13.5. The molecule has 0 bridgehead atoms. The Hall–Kier alpha value is -3.05. The third kappa shape index (κ3) is 5.72. The quantitative estimate of drug-likeness (QED) is 0.580. The van der Waals surface area contributed by atoms with Gasteiger partial charge in [-0.05, 0) is 47.8 Å². The first kappa shape index (κ1) is 20.7. The van der Waals surface area contributed by atoms with Crippen LogP contribution in [-0.2, 0) is 10.0 Å². The number of benzene rings is 2. The van der Waals surface area contributed by atoms with E-state index in [2.05, 4.69) is 14.8 Å². The Morgan fingerprint density at radius 1 is 0.966 bits per heavy atom. The number of thiophene rings is 1. The molecule has 3 rings (SSSR count). The molecule has 3 aromatic rings. The highest BCUT2D eigenvalue weighted by Crippen LogP contribution is 2.25. The van der Waals surface area contributed by atoms with Gasteiger partial charge < -0.3 is 10.1 Å². The molecular weight excluding hydrogens is 429 g/mol. The number of ether oxygens (including phenoxy) is 1. The molecule has 0 saturated carbocycles. The fourth-order valence-electron chi connectivity index (χ4n) is 2.29. The van der Waals surface area contributed by atoms with Gasteiger partial charge >= 0.3 is 6.36 Å². The second-order valence-electron chi connectivity index (χ2n) is 5.64. The van der Waals surface area contributed by atoms with Crippen LogP contribution < -0.4 is 14.8 Å². The largest absolute Gasteiger partial charge is 0.573 e. The molecule has 2 aromatic carbocycles. The number of carbonyl (C=O) groups excluding carboxylic acids is 1. The summed E-state index contributed by atoms with van der Waals surface area (Å²) >= 11 is 1.07. The standard InChI is InChI=1S/C18H13F3N2O4S2/c19-18(20,21)27-15-4-1-3-14(11-15)22-17(24)12-6-8-13(9-7-12)23-29(25,26)16-5-2-10-28-16/h1-11,23H,(H,22,24). The van der Waals surface area contributed by atoms with Gasteiger partial charge in [-0.25, -0.2) is 8.42 Å². The van der Waals surface area contributed by atoms with Crippen molar-refractivity contribution in [3.05, 3.63) is 71.6 Å². The normalized spacial score (nSPS) is 11.7. The number of amides is 1. The maximum atomic E-state index is 12.3. The first-order chi connectivity index (χ1) is 13.6. The van der Waals surface area contributed by atoms with Crippen molar-refractivity contribution >= 4 is 38.6 Å². The minimum absolute atomic E-state index is 0.110. The van der Waals surface area contributed by atoms with Crippen LogP contribution in [0.2, 0.25) is 0 Å². The van der Waals surface area contributed by atoms with Crippen LogP contribution in [0.15, 0.2) is 70.3 Å². The molecule has 1 amide bonds. The summed E-state index contributed by atoms with van der Waals surface area (Å²) in [6.07, 6.45) is -4.84. The topological polar surface area (TPSA) is 84.5 Å². The van der Waals surface area contributed by atoms with Crippen molar-refractivity contribution in [1.82, 2.24) is 0 Å². The molecule has 0 atom stereocenters. The summed E-state index contributed by atoms with van der Waals surface area (Å²) in [5, 5.41) is 4.09. The molecule has 0 aliphatic carbocycles. The van der Waals surface area contributed by atoms with Crippen molar-refractivity contribution < 1.29 is 31.1 Å². The monoisotopic (exact) mass is 442 g/mol. The lowest BCUT2D eigenvalue weighted by Gasteiger charge is -2.11. The van der Waals surface area contributed by atoms with E-state index in [1.165, 1.54) is 42.5 Å². The third-order valence-electron chi connectivity index (χ3n) is 3.48. The molecule has 1 aromatic heterocycles. The average Bonchev–Trinajstić information content (AvgIpc) is 3.16. The molecule has 0 aliphatic heterocycles. The Kier molecular flexibility index (Phi) is 5.80. The van der Waals surface area contributed by atoms with E-state index in [9.17, 15) is 26.4 Å². The Morgan fingerprint density at radius 2 is 1.69 bits per heavy atom. The minimum Gasteiger partial charge on any atom is -0.406 e. The van der Waals surface area contributed by atoms with Crippen molar-refractivity contribution in [2.45, 2.75) is 10.6 Å². The van der Waals surface area contributed by atoms with E-state index in [0.29, 0.717) is 0 Å². The number of anilines is 2. The van der Waals surface area contributed by atoms with Gasteiger partial charge in [0.15, 0.2) is 0 Å². The van der Waals surface area contributed by atoms with Gasteiger partial charge in [0.05, 0.1) is 0 Å². The van der Waals surface area contributed by atoms with Gasteiger partial charge in [0.25, 0.3) is 15.9 Å². The van der Waals surface area contributed by atoms with Gasteiger partial charge in [-0.15, -0.1) is 24.5 Å². The van der Waals surface area contributed by atoms with Crippen molar-refractivity contribution in [3.63, 3.8) is 0 Å². The molecule has 152 valence electrons. The maximum absolute atomic E-state index is 12.3. The predicted molar refractivity (Wildman–Crippen MR) is 103 cm³/mol. The van der Waals surface area contributed by atoms with Crippen molar-refractivity contribution in [2.24, 2.45) is 0 Å². The zero-order valence-electron chi connectivity index (χ0n) is 14.4. The number of hydrogen-bond acceptors (Lipinski definition) is 5. The molecule has 0 aliphatic rings. The van der Waals surface area contributed by atoms with Crippen LogP contribution in [0.1, 0.15) is 10.4 Å². The zero-order chi connectivity index (χ0) is 21.1. The van der Waals surface area contributed by atoms with E-state index in [4.69, 9.17) is 0 Å². The van der Waals surface area contributed by atoms with Gasteiger partial charge in [0, 0.05) is 23.0 Å². The second kappa shape index (κ2) is 8.13. The smallest absolute Gasteiger partial charge is 0.406 e. The van der Waals surface area contributed by atoms with Crippen molar-refractivity contribution in [2.75, 3.05) is 10.0 Å².